The number of hydrogen-bond donors (Lipinski definition) is 2. The number of anilines is 1. The lowest BCUT2D eigenvalue weighted by molar-refractivity contribution is -0.385. The molecule has 2 amide bonds. The second-order valence-electron chi connectivity index (χ2n) is 6.08. The molecule has 2 aromatic rings. The van der Waals surface area contributed by atoms with Crippen molar-refractivity contribution < 1.29 is 19.2 Å². The van der Waals surface area contributed by atoms with Gasteiger partial charge in [0.1, 0.15) is 4.88 Å². The summed E-state index contributed by atoms with van der Waals surface area (Å²) in [6.07, 6.45) is -0.224. The van der Waals surface area contributed by atoms with E-state index in [1.807, 2.05) is 4.90 Å². The molecule has 2 N–H and O–H groups in total. The van der Waals surface area contributed by atoms with Crippen LogP contribution in [0.2, 0.25) is 0 Å². The number of morpholine rings is 1. The number of thiazole rings is 1. The smallest absolute Gasteiger partial charge is 0.281 e. The van der Waals surface area contributed by atoms with Crippen LogP contribution in [-0.4, -0.2) is 48.0 Å². The van der Waals surface area contributed by atoms with Gasteiger partial charge in [-0.1, -0.05) is 29.5 Å². The highest BCUT2D eigenvalue weighted by atomic mass is 32.1. The molecule has 0 atom stereocenters. The third kappa shape index (κ3) is 4.61. The summed E-state index contributed by atoms with van der Waals surface area (Å²) in [6.45, 7) is 4.37. The van der Waals surface area contributed by atoms with Crippen LogP contribution in [0.5, 0.6) is 0 Å². The van der Waals surface area contributed by atoms with E-state index in [-0.39, 0.29) is 17.7 Å². The number of nitrogens with one attached hydrogen (secondary N) is 2. The molecule has 1 aromatic heterocycles. The van der Waals surface area contributed by atoms with Crippen LogP contribution in [-0.2, 0) is 16.0 Å². The first-order chi connectivity index (χ1) is 13.5. The summed E-state index contributed by atoms with van der Waals surface area (Å²) in [4.78, 5) is 41.8. The monoisotopic (exact) mass is 405 g/mol. The number of nitro benzene ring substituents is 1. The van der Waals surface area contributed by atoms with Gasteiger partial charge in [0.05, 0.1) is 30.3 Å². The number of hydrazine groups is 1. The zero-order chi connectivity index (χ0) is 20.1. The van der Waals surface area contributed by atoms with Gasteiger partial charge in [0.25, 0.3) is 11.6 Å². The summed E-state index contributed by atoms with van der Waals surface area (Å²) in [5.74, 6) is -1.04. The Hall–Kier alpha value is -3.05. The minimum atomic E-state index is -0.557. The molecule has 10 nitrogen and oxygen atoms in total. The molecule has 0 bridgehead atoms. The van der Waals surface area contributed by atoms with Crippen molar-refractivity contribution in [1.29, 1.82) is 0 Å². The van der Waals surface area contributed by atoms with Crippen LogP contribution in [0.1, 0.15) is 20.9 Å². The van der Waals surface area contributed by atoms with E-state index >= 15 is 0 Å². The average molecular weight is 405 g/mol. The maximum Gasteiger partial charge on any atom is 0.281 e. The number of ether oxygens (including phenoxy) is 1. The van der Waals surface area contributed by atoms with Crippen molar-refractivity contribution in [2.75, 3.05) is 31.2 Å². The number of carbonyl (C=O) groups excluding carboxylic acids is 2. The van der Waals surface area contributed by atoms with Crippen molar-refractivity contribution in [2.24, 2.45) is 0 Å². The van der Waals surface area contributed by atoms with E-state index in [2.05, 4.69) is 15.8 Å². The highest BCUT2D eigenvalue weighted by Gasteiger charge is 2.21. The van der Waals surface area contributed by atoms with Gasteiger partial charge in [0.2, 0.25) is 5.91 Å². The van der Waals surface area contributed by atoms with Crippen molar-refractivity contribution >= 4 is 34.0 Å². The number of aryl methyl sites for hydroxylation is 1. The lowest BCUT2D eigenvalue weighted by Gasteiger charge is -2.25. The van der Waals surface area contributed by atoms with Gasteiger partial charge >= 0.3 is 0 Å². The Morgan fingerprint density at radius 2 is 2.00 bits per heavy atom. The first-order valence-corrected chi connectivity index (χ1v) is 9.39. The summed E-state index contributed by atoms with van der Waals surface area (Å²) >= 11 is 1.24. The number of rotatable bonds is 5. The predicted molar refractivity (Wildman–Crippen MR) is 102 cm³/mol. The van der Waals surface area contributed by atoms with E-state index in [1.165, 1.54) is 29.5 Å². The normalized spacial score (nSPS) is 13.8. The molecular weight excluding hydrogens is 386 g/mol. The Kier molecular flexibility index (Phi) is 6.16. The molecular formula is C17H19N5O5S. The van der Waals surface area contributed by atoms with Crippen LogP contribution in [0.4, 0.5) is 10.8 Å². The van der Waals surface area contributed by atoms with Crippen LogP contribution in [0.25, 0.3) is 0 Å². The van der Waals surface area contributed by atoms with E-state index in [1.54, 1.807) is 13.0 Å². The van der Waals surface area contributed by atoms with Crippen LogP contribution in [0, 0.1) is 17.0 Å². The predicted octanol–water partition coefficient (Wildman–Crippen LogP) is 1.20. The number of para-hydroxylation sites is 1. The number of aromatic nitrogens is 1. The Morgan fingerprint density at radius 1 is 1.29 bits per heavy atom. The standard InChI is InChI=1S/C17H19N5O5S/c1-11-15(28-17(18-11)21-6-8-27-9-7-21)16(24)20-19-14(23)10-12-4-2-3-5-13(12)22(25)26/h2-5H,6-10H2,1H3,(H,19,23)(H,20,24). The number of hydrogen-bond acceptors (Lipinski definition) is 8. The van der Waals surface area contributed by atoms with Crippen molar-refractivity contribution in [3.05, 3.63) is 50.5 Å². The van der Waals surface area contributed by atoms with Gasteiger partial charge in [-0.2, -0.15) is 0 Å². The number of carbonyl (C=O) groups is 2. The fourth-order valence-corrected chi connectivity index (χ4v) is 3.74. The molecule has 1 saturated heterocycles. The largest absolute Gasteiger partial charge is 0.378 e. The summed E-state index contributed by atoms with van der Waals surface area (Å²) in [5.41, 5.74) is 5.33. The summed E-state index contributed by atoms with van der Waals surface area (Å²) < 4.78 is 5.31. The first kappa shape index (κ1) is 19.7. The highest BCUT2D eigenvalue weighted by Crippen LogP contribution is 2.26. The molecule has 1 aromatic carbocycles. The van der Waals surface area contributed by atoms with E-state index in [4.69, 9.17) is 4.74 Å². The molecule has 1 aliphatic heterocycles. The lowest BCUT2D eigenvalue weighted by Crippen LogP contribution is -2.42. The van der Waals surface area contributed by atoms with Crippen LogP contribution in [0.15, 0.2) is 24.3 Å². The van der Waals surface area contributed by atoms with Crippen molar-refractivity contribution in [3.8, 4) is 0 Å². The zero-order valence-electron chi connectivity index (χ0n) is 15.1. The molecule has 3 rings (SSSR count). The van der Waals surface area contributed by atoms with E-state index in [9.17, 15) is 19.7 Å². The molecule has 0 aliphatic carbocycles. The van der Waals surface area contributed by atoms with Gasteiger partial charge in [-0.15, -0.1) is 0 Å². The minimum absolute atomic E-state index is 0.141. The van der Waals surface area contributed by atoms with Gasteiger partial charge in [-0.05, 0) is 6.92 Å². The molecule has 1 aliphatic rings. The second kappa shape index (κ2) is 8.76. The molecule has 1 fully saturated rings. The Labute approximate surface area is 164 Å². The molecule has 148 valence electrons. The van der Waals surface area contributed by atoms with E-state index in [0.29, 0.717) is 36.9 Å². The molecule has 0 saturated carbocycles. The van der Waals surface area contributed by atoms with Crippen LogP contribution >= 0.6 is 11.3 Å². The quantitative estimate of drug-likeness (QED) is 0.565. The van der Waals surface area contributed by atoms with Crippen molar-refractivity contribution in [2.45, 2.75) is 13.3 Å². The average Bonchev–Trinajstić information content (AvgIpc) is 3.09. The molecule has 28 heavy (non-hydrogen) atoms. The SMILES string of the molecule is Cc1nc(N2CCOCC2)sc1C(=O)NNC(=O)Cc1ccccc1[N+](=O)[O-]. The molecule has 0 radical (unpaired) electrons. The minimum Gasteiger partial charge on any atom is -0.378 e. The van der Waals surface area contributed by atoms with Gasteiger partial charge in [-0.25, -0.2) is 4.98 Å². The fourth-order valence-electron chi connectivity index (χ4n) is 2.72. The van der Waals surface area contributed by atoms with Crippen LogP contribution in [0.3, 0.4) is 0 Å². The Bertz CT molecular complexity index is 894. The topological polar surface area (TPSA) is 127 Å². The third-order valence-corrected chi connectivity index (χ3v) is 5.34. The van der Waals surface area contributed by atoms with Gasteiger partial charge in [-0.3, -0.25) is 30.6 Å². The van der Waals surface area contributed by atoms with Crippen molar-refractivity contribution in [1.82, 2.24) is 15.8 Å². The summed E-state index contributed by atoms with van der Waals surface area (Å²) in [6, 6.07) is 5.97. The zero-order valence-corrected chi connectivity index (χ0v) is 16.0. The van der Waals surface area contributed by atoms with Gasteiger partial charge in [0, 0.05) is 24.7 Å². The first-order valence-electron chi connectivity index (χ1n) is 8.57. The molecule has 2 heterocycles. The maximum atomic E-state index is 12.4. The summed E-state index contributed by atoms with van der Waals surface area (Å²) in [5, 5.41) is 11.7. The Balaban J connectivity index is 1.59. The maximum absolute atomic E-state index is 12.4. The fraction of sp³-hybridized carbons (Fsp3) is 0.353. The molecule has 0 spiro atoms. The lowest BCUT2D eigenvalue weighted by atomic mass is 10.1. The molecule has 11 heteroatoms. The van der Waals surface area contributed by atoms with Gasteiger partial charge < -0.3 is 9.64 Å². The second-order valence-corrected chi connectivity index (χ2v) is 7.05. The Morgan fingerprint density at radius 3 is 2.71 bits per heavy atom. The van der Waals surface area contributed by atoms with Gasteiger partial charge in [0.15, 0.2) is 5.13 Å². The highest BCUT2D eigenvalue weighted by molar-refractivity contribution is 7.17. The third-order valence-electron chi connectivity index (χ3n) is 4.13. The van der Waals surface area contributed by atoms with E-state index in [0.717, 1.165) is 5.13 Å². The number of nitrogens with zero attached hydrogens (tertiary/aromatic N) is 3. The number of benzene rings is 1. The van der Waals surface area contributed by atoms with Crippen molar-refractivity contribution in [3.63, 3.8) is 0 Å². The summed E-state index contributed by atoms with van der Waals surface area (Å²) in [7, 11) is 0. The van der Waals surface area contributed by atoms with E-state index < -0.39 is 16.7 Å². The number of nitro groups is 1. The number of amides is 2. The molecule has 0 unspecified atom stereocenters. The van der Waals surface area contributed by atoms with Crippen LogP contribution < -0.4 is 15.8 Å².